The Morgan fingerprint density at radius 3 is 2.69 bits per heavy atom. The number of hydrogen-bond acceptors (Lipinski definition) is 1. The van der Waals surface area contributed by atoms with Crippen molar-refractivity contribution in [2.75, 3.05) is 6.61 Å². The van der Waals surface area contributed by atoms with E-state index in [-0.39, 0.29) is 6.61 Å². The van der Waals surface area contributed by atoms with Gasteiger partial charge in [0.1, 0.15) is 0 Å². The Balaban J connectivity index is 1.98. The van der Waals surface area contributed by atoms with Crippen molar-refractivity contribution < 1.29 is 5.11 Å². The topological polar surface area (TPSA) is 20.2 Å². The van der Waals surface area contributed by atoms with E-state index < -0.39 is 0 Å². The van der Waals surface area contributed by atoms with Crippen LogP contribution in [-0.4, -0.2) is 11.7 Å². The standard InChI is InChI=1S/C12H20O/c1-2-9(8-13)5-12-7-10-3-4-11(12)6-10/h5,10-13H,2-4,6-8H2,1H3/b9-5-. The Kier molecular flexibility index (Phi) is 2.73. The van der Waals surface area contributed by atoms with E-state index in [0.717, 1.165) is 24.2 Å². The van der Waals surface area contributed by atoms with Crippen molar-refractivity contribution in [3.63, 3.8) is 0 Å². The summed E-state index contributed by atoms with van der Waals surface area (Å²) in [5.74, 6) is 2.78. The van der Waals surface area contributed by atoms with Gasteiger partial charge in [0.2, 0.25) is 0 Å². The molecule has 0 aliphatic heterocycles. The highest BCUT2D eigenvalue weighted by molar-refractivity contribution is 5.08. The number of rotatable bonds is 3. The third kappa shape index (κ3) is 1.80. The van der Waals surface area contributed by atoms with Crippen LogP contribution in [0.15, 0.2) is 11.6 Å². The lowest BCUT2D eigenvalue weighted by molar-refractivity contribution is 0.322. The molecule has 2 aliphatic carbocycles. The van der Waals surface area contributed by atoms with Crippen LogP contribution in [0.5, 0.6) is 0 Å². The van der Waals surface area contributed by atoms with Gasteiger partial charge in [0.15, 0.2) is 0 Å². The van der Waals surface area contributed by atoms with E-state index in [2.05, 4.69) is 13.0 Å². The zero-order valence-corrected chi connectivity index (χ0v) is 8.50. The molecule has 3 unspecified atom stereocenters. The van der Waals surface area contributed by atoms with Gasteiger partial charge in [-0.3, -0.25) is 0 Å². The molecule has 0 aromatic heterocycles. The maximum Gasteiger partial charge on any atom is 0.0641 e. The Morgan fingerprint density at radius 2 is 2.23 bits per heavy atom. The molecule has 1 nitrogen and oxygen atoms in total. The molecular formula is C12H20O. The fourth-order valence-corrected chi connectivity index (χ4v) is 3.08. The average Bonchev–Trinajstić information content (AvgIpc) is 2.75. The van der Waals surface area contributed by atoms with Gasteiger partial charge < -0.3 is 5.11 Å². The largest absolute Gasteiger partial charge is 0.392 e. The number of fused-ring (bicyclic) bond motifs is 2. The molecule has 0 aromatic carbocycles. The first-order chi connectivity index (χ1) is 6.33. The molecule has 13 heavy (non-hydrogen) atoms. The quantitative estimate of drug-likeness (QED) is 0.662. The van der Waals surface area contributed by atoms with Crippen LogP contribution in [0.1, 0.15) is 39.0 Å². The second kappa shape index (κ2) is 3.83. The van der Waals surface area contributed by atoms with Gasteiger partial charge in [0, 0.05) is 0 Å². The molecule has 0 amide bonds. The van der Waals surface area contributed by atoms with Crippen molar-refractivity contribution in [3.8, 4) is 0 Å². The summed E-state index contributed by atoms with van der Waals surface area (Å²) in [6.45, 7) is 2.40. The third-order valence-corrected chi connectivity index (χ3v) is 3.90. The van der Waals surface area contributed by atoms with Gasteiger partial charge in [0.25, 0.3) is 0 Å². The lowest BCUT2D eigenvalue weighted by Gasteiger charge is -2.19. The summed E-state index contributed by atoms with van der Waals surface area (Å²) in [6.07, 6.45) is 9.15. The lowest BCUT2D eigenvalue weighted by Crippen LogP contribution is -2.08. The maximum absolute atomic E-state index is 9.09. The molecule has 0 saturated heterocycles. The Bertz CT molecular complexity index is 201. The summed E-state index contributed by atoms with van der Waals surface area (Å²) in [4.78, 5) is 0. The van der Waals surface area contributed by atoms with Gasteiger partial charge in [-0.25, -0.2) is 0 Å². The number of aliphatic hydroxyl groups is 1. The zero-order chi connectivity index (χ0) is 9.26. The van der Waals surface area contributed by atoms with Gasteiger partial charge in [-0.2, -0.15) is 0 Å². The Labute approximate surface area is 80.8 Å². The van der Waals surface area contributed by atoms with E-state index in [4.69, 9.17) is 5.11 Å². The molecule has 74 valence electrons. The molecule has 2 aliphatic rings. The molecular weight excluding hydrogens is 160 g/mol. The molecule has 2 rings (SSSR count). The molecule has 0 aromatic rings. The summed E-state index contributed by atoms with van der Waals surface area (Å²) < 4.78 is 0. The molecule has 2 bridgehead atoms. The van der Waals surface area contributed by atoms with Gasteiger partial charge in [-0.05, 0) is 49.0 Å². The first kappa shape index (κ1) is 9.26. The third-order valence-electron chi connectivity index (χ3n) is 3.90. The molecule has 2 fully saturated rings. The average molecular weight is 180 g/mol. The van der Waals surface area contributed by atoms with E-state index >= 15 is 0 Å². The van der Waals surface area contributed by atoms with Crippen LogP contribution >= 0.6 is 0 Å². The summed E-state index contributed by atoms with van der Waals surface area (Å²) >= 11 is 0. The fraction of sp³-hybridized carbons (Fsp3) is 0.833. The highest BCUT2D eigenvalue weighted by Crippen LogP contribution is 2.49. The normalized spacial score (nSPS) is 38.6. The predicted molar refractivity (Wildman–Crippen MR) is 54.4 cm³/mol. The zero-order valence-electron chi connectivity index (χ0n) is 8.50. The van der Waals surface area contributed by atoms with E-state index in [0.29, 0.717) is 0 Å². The Hall–Kier alpha value is -0.300. The molecule has 0 spiro atoms. The highest BCUT2D eigenvalue weighted by Gasteiger charge is 2.38. The minimum Gasteiger partial charge on any atom is -0.392 e. The van der Waals surface area contributed by atoms with Gasteiger partial charge in [-0.15, -0.1) is 0 Å². The van der Waals surface area contributed by atoms with Crippen molar-refractivity contribution in [1.29, 1.82) is 0 Å². The van der Waals surface area contributed by atoms with Crippen LogP contribution in [0.3, 0.4) is 0 Å². The van der Waals surface area contributed by atoms with Gasteiger partial charge in [-0.1, -0.05) is 19.4 Å². The smallest absolute Gasteiger partial charge is 0.0641 e. The molecule has 0 radical (unpaired) electrons. The molecule has 0 heterocycles. The summed E-state index contributed by atoms with van der Waals surface area (Å²) in [5.41, 5.74) is 1.25. The van der Waals surface area contributed by atoms with Crippen LogP contribution < -0.4 is 0 Å². The van der Waals surface area contributed by atoms with E-state index in [9.17, 15) is 0 Å². The van der Waals surface area contributed by atoms with Crippen LogP contribution in [0, 0.1) is 17.8 Å². The minimum atomic E-state index is 0.268. The maximum atomic E-state index is 9.09. The van der Waals surface area contributed by atoms with Crippen molar-refractivity contribution in [2.45, 2.75) is 39.0 Å². The summed E-state index contributed by atoms with van der Waals surface area (Å²) in [5, 5.41) is 9.09. The number of allylic oxidation sites excluding steroid dienone is 1. The van der Waals surface area contributed by atoms with Crippen LogP contribution in [0.4, 0.5) is 0 Å². The van der Waals surface area contributed by atoms with Crippen molar-refractivity contribution in [2.24, 2.45) is 17.8 Å². The fourth-order valence-electron chi connectivity index (χ4n) is 3.08. The van der Waals surface area contributed by atoms with Gasteiger partial charge >= 0.3 is 0 Å². The summed E-state index contributed by atoms with van der Waals surface area (Å²) in [6, 6.07) is 0. The number of hydrogen-bond donors (Lipinski definition) is 1. The lowest BCUT2D eigenvalue weighted by atomic mass is 9.87. The van der Waals surface area contributed by atoms with Crippen molar-refractivity contribution in [1.82, 2.24) is 0 Å². The van der Waals surface area contributed by atoms with Gasteiger partial charge in [0.05, 0.1) is 6.61 Å². The van der Waals surface area contributed by atoms with Crippen molar-refractivity contribution in [3.05, 3.63) is 11.6 Å². The van der Waals surface area contributed by atoms with E-state index in [1.165, 1.54) is 31.3 Å². The minimum absolute atomic E-state index is 0.268. The second-order valence-electron chi connectivity index (χ2n) is 4.68. The SMILES string of the molecule is CC/C(=C/C1CC2CCC1C2)CO. The predicted octanol–water partition coefficient (Wildman–Crippen LogP) is 2.75. The van der Waals surface area contributed by atoms with Crippen LogP contribution in [0.25, 0.3) is 0 Å². The molecule has 3 atom stereocenters. The van der Waals surface area contributed by atoms with E-state index in [1.807, 2.05) is 0 Å². The Morgan fingerprint density at radius 1 is 1.38 bits per heavy atom. The summed E-state index contributed by atoms with van der Waals surface area (Å²) in [7, 11) is 0. The monoisotopic (exact) mass is 180 g/mol. The molecule has 2 saturated carbocycles. The number of aliphatic hydroxyl groups excluding tert-OH is 1. The first-order valence-electron chi connectivity index (χ1n) is 5.64. The first-order valence-corrected chi connectivity index (χ1v) is 5.64. The highest BCUT2D eigenvalue weighted by atomic mass is 16.3. The second-order valence-corrected chi connectivity index (χ2v) is 4.68. The van der Waals surface area contributed by atoms with E-state index in [1.54, 1.807) is 0 Å². The van der Waals surface area contributed by atoms with Crippen LogP contribution in [-0.2, 0) is 0 Å². The molecule has 1 N–H and O–H groups in total. The van der Waals surface area contributed by atoms with Crippen molar-refractivity contribution >= 4 is 0 Å². The van der Waals surface area contributed by atoms with Crippen LogP contribution in [0.2, 0.25) is 0 Å². The molecule has 1 heteroatoms.